The fraction of sp³-hybridized carbons (Fsp3) is 0.235. The topological polar surface area (TPSA) is 97.4 Å². The Balaban J connectivity index is 1.84. The third-order valence-corrected chi connectivity index (χ3v) is 4.59. The Morgan fingerprint density at radius 3 is 2.44 bits per heavy atom. The molecule has 3 heterocycles. The summed E-state index contributed by atoms with van der Waals surface area (Å²) in [5.74, 6) is -1.97. The van der Waals surface area contributed by atoms with E-state index in [1.165, 1.54) is 6.07 Å². The number of rotatable bonds is 2. The van der Waals surface area contributed by atoms with Crippen molar-refractivity contribution in [1.29, 1.82) is 0 Å². The number of fused-ring (bicyclic) bond motifs is 1. The van der Waals surface area contributed by atoms with Crippen molar-refractivity contribution in [2.45, 2.75) is 12.8 Å². The highest BCUT2D eigenvalue weighted by atomic mass is 19.1. The monoisotopic (exact) mass is 342 g/mol. The lowest BCUT2D eigenvalue weighted by atomic mass is 10.1. The highest BCUT2D eigenvalue weighted by Gasteiger charge is 2.32. The number of halogens is 1. The molecule has 0 unspecified atom stereocenters. The number of nitrogens with zero attached hydrogens (tertiary/aromatic N) is 2. The zero-order valence-electron chi connectivity index (χ0n) is 13.2. The normalized spacial score (nSPS) is 16.3. The van der Waals surface area contributed by atoms with Crippen molar-refractivity contribution in [2.24, 2.45) is 0 Å². The molecule has 1 fully saturated rings. The van der Waals surface area contributed by atoms with E-state index in [-0.39, 0.29) is 22.6 Å². The second-order valence-corrected chi connectivity index (χ2v) is 6.11. The number of imide groups is 1. The zero-order valence-corrected chi connectivity index (χ0v) is 13.2. The summed E-state index contributed by atoms with van der Waals surface area (Å²) in [4.78, 5) is 37.9. The number of anilines is 2. The summed E-state index contributed by atoms with van der Waals surface area (Å²) in [5.41, 5.74) is 5.91. The van der Waals surface area contributed by atoms with Gasteiger partial charge in [-0.3, -0.25) is 24.3 Å². The summed E-state index contributed by atoms with van der Waals surface area (Å²) < 4.78 is 15.6. The Morgan fingerprint density at radius 1 is 1.04 bits per heavy atom. The van der Waals surface area contributed by atoms with Crippen molar-refractivity contribution in [2.75, 3.05) is 23.7 Å². The van der Waals surface area contributed by atoms with Gasteiger partial charge in [-0.15, -0.1) is 0 Å². The van der Waals surface area contributed by atoms with Gasteiger partial charge in [0, 0.05) is 25.2 Å². The van der Waals surface area contributed by atoms with Gasteiger partial charge < -0.3 is 10.6 Å². The quantitative estimate of drug-likeness (QED) is 0.795. The average molecular weight is 342 g/mol. The van der Waals surface area contributed by atoms with Crippen molar-refractivity contribution in [1.82, 2.24) is 9.88 Å². The van der Waals surface area contributed by atoms with E-state index in [0.29, 0.717) is 5.69 Å². The van der Waals surface area contributed by atoms with Crippen LogP contribution in [0, 0.1) is 5.82 Å². The molecule has 1 saturated heterocycles. The third kappa shape index (κ3) is 2.29. The minimum absolute atomic E-state index is 0.0575. The summed E-state index contributed by atoms with van der Waals surface area (Å²) in [7, 11) is 0. The van der Waals surface area contributed by atoms with Gasteiger partial charge in [0.1, 0.15) is 11.6 Å². The van der Waals surface area contributed by atoms with Crippen molar-refractivity contribution in [3.8, 4) is 5.69 Å². The molecule has 4 rings (SSSR count). The minimum atomic E-state index is -0.666. The third-order valence-electron chi connectivity index (χ3n) is 4.59. The van der Waals surface area contributed by atoms with Gasteiger partial charge in [-0.25, -0.2) is 4.39 Å². The number of hydrogen-bond donors (Lipinski definition) is 2. The van der Waals surface area contributed by atoms with Crippen LogP contribution >= 0.6 is 0 Å². The molecule has 0 spiro atoms. The maximum absolute atomic E-state index is 14.5. The molecular formula is C17H15FN4O3. The van der Waals surface area contributed by atoms with Crippen LogP contribution in [0.5, 0.6) is 0 Å². The molecule has 7 nitrogen and oxygen atoms in total. The number of pyridine rings is 1. The molecule has 1 aromatic heterocycles. The summed E-state index contributed by atoms with van der Waals surface area (Å²) in [6.07, 6.45) is 2.03. The van der Waals surface area contributed by atoms with Crippen LogP contribution in [0.15, 0.2) is 29.1 Å². The molecule has 0 saturated carbocycles. The Hall–Kier alpha value is -3.16. The van der Waals surface area contributed by atoms with Gasteiger partial charge in [0.25, 0.3) is 17.4 Å². The summed E-state index contributed by atoms with van der Waals surface area (Å²) in [6, 6.07) is 5.43. The molecule has 2 aliphatic rings. The molecular weight excluding hydrogens is 327 g/mol. The fourth-order valence-electron chi connectivity index (χ4n) is 3.40. The van der Waals surface area contributed by atoms with Crippen LogP contribution in [-0.2, 0) is 0 Å². The van der Waals surface area contributed by atoms with E-state index in [9.17, 15) is 18.8 Å². The van der Waals surface area contributed by atoms with Gasteiger partial charge in [-0.05, 0) is 25.0 Å². The zero-order chi connectivity index (χ0) is 17.7. The van der Waals surface area contributed by atoms with E-state index in [2.05, 4.69) is 5.32 Å². The van der Waals surface area contributed by atoms with Gasteiger partial charge in [-0.2, -0.15) is 0 Å². The summed E-state index contributed by atoms with van der Waals surface area (Å²) in [5, 5.41) is 2.10. The molecule has 128 valence electrons. The second-order valence-electron chi connectivity index (χ2n) is 6.11. The van der Waals surface area contributed by atoms with E-state index >= 15 is 0 Å². The van der Waals surface area contributed by atoms with Crippen molar-refractivity contribution >= 4 is 23.3 Å². The van der Waals surface area contributed by atoms with Gasteiger partial charge in [-0.1, -0.05) is 0 Å². The van der Waals surface area contributed by atoms with Crippen LogP contribution in [-0.4, -0.2) is 29.5 Å². The number of hydrogen-bond acceptors (Lipinski definition) is 5. The van der Waals surface area contributed by atoms with Crippen LogP contribution < -0.4 is 21.5 Å². The second kappa shape index (κ2) is 5.44. The number of aromatic nitrogens is 1. The molecule has 25 heavy (non-hydrogen) atoms. The Labute approximate surface area is 141 Å². The molecule has 3 N–H and O–H groups in total. The van der Waals surface area contributed by atoms with E-state index in [1.54, 1.807) is 12.1 Å². The Kier molecular flexibility index (Phi) is 3.34. The van der Waals surface area contributed by atoms with Gasteiger partial charge >= 0.3 is 0 Å². The largest absolute Gasteiger partial charge is 0.384 e. The first-order chi connectivity index (χ1) is 12.0. The number of nitrogen functional groups attached to an aromatic ring is 1. The molecule has 1 aromatic carbocycles. The molecule has 0 bridgehead atoms. The molecule has 0 aliphatic carbocycles. The highest BCUT2D eigenvalue weighted by molar-refractivity contribution is 6.23. The molecule has 2 aliphatic heterocycles. The van der Waals surface area contributed by atoms with Crippen LogP contribution in [0.3, 0.4) is 0 Å². The number of nitrogens with two attached hydrogens (primary N) is 1. The SMILES string of the molecule is Nc1c2c(cc(=O)n1-c1ccc(N3CCCC3)c(F)c1)C(=O)NC2=O. The smallest absolute Gasteiger partial charge is 0.262 e. The predicted molar refractivity (Wildman–Crippen MR) is 89.7 cm³/mol. The van der Waals surface area contributed by atoms with Crippen LogP contribution in [0.25, 0.3) is 5.69 Å². The molecule has 0 atom stereocenters. The van der Waals surface area contributed by atoms with Crippen molar-refractivity contribution < 1.29 is 14.0 Å². The van der Waals surface area contributed by atoms with Crippen molar-refractivity contribution in [3.63, 3.8) is 0 Å². The lowest BCUT2D eigenvalue weighted by Crippen LogP contribution is -2.24. The van der Waals surface area contributed by atoms with E-state index < -0.39 is 23.2 Å². The van der Waals surface area contributed by atoms with E-state index in [1.807, 2.05) is 4.90 Å². The van der Waals surface area contributed by atoms with Gasteiger partial charge in [0.15, 0.2) is 0 Å². The van der Waals surface area contributed by atoms with Crippen LogP contribution in [0.1, 0.15) is 33.6 Å². The lowest BCUT2D eigenvalue weighted by Gasteiger charge is -2.19. The van der Waals surface area contributed by atoms with Gasteiger partial charge in [0.2, 0.25) is 0 Å². The summed E-state index contributed by atoms with van der Waals surface area (Å²) >= 11 is 0. The minimum Gasteiger partial charge on any atom is -0.384 e. The lowest BCUT2D eigenvalue weighted by molar-refractivity contribution is 0.0880. The van der Waals surface area contributed by atoms with E-state index in [0.717, 1.165) is 36.6 Å². The number of carbonyl (C=O) groups is 2. The molecule has 8 heteroatoms. The Bertz CT molecular complexity index is 977. The first-order valence-corrected chi connectivity index (χ1v) is 7.93. The molecule has 2 aromatic rings. The van der Waals surface area contributed by atoms with Gasteiger partial charge in [0.05, 0.1) is 22.5 Å². The molecule has 0 radical (unpaired) electrons. The standard InChI is InChI=1S/C17H15FN4O3/c18-11-7-9(3-4-12(11)21-5-1-2-6-21)22-13(23)8-10-14(15(22)19)17(25)20-16(10)24/h3-4,7-8H,1-2,5-6,19H2,(H,20,24,25). The predicted octanol–water partition coefficient (Wildman–Crippen LogP) is 1.04. The number of nitrogens with one attached hydrogen (secondary N) is 1. The summed E-state index contributed by atoms with van der Waals surface area (Å²) in [6.45, 7) is 1.58. The van der Waals surface area contributed by atoms with Crippen molar-refractivity contribution in [3.05, 3.63) is 51.6 Å². The van der Waals surface area contributed by atoms with E-state index in [4.69, 9.17) is 5.73 Å². The maximum Gasteiger partial charge on any atom is 0.262 e. The van der Waals surface area contributed by atoms with Crippen LogP contribution in [0.4, 0.5) is 15.9 Å². The molecule has 2 amide bonds. The average Bonchev–Trinajstić information content (AvgIpc) is 3.16. The number of carbonyl (C=O) groups excluding carboxylic acids is 2. The first-order valence-electron chi connectivity index (χ1n) is 7.93. The first kappa shape index (κ1) is 15.4. The van der Waals surface area contributed by atoms with Crippen LogP contribution in [0.2, 0.25) is 0 Å². The fourth-order valence-corrected chi connectivity index (χ4v) is 3.40. The Morgan fingerprint density at radius 2 is 1.76 bits per heavy atom. The highest BCUT2D eigenvalue weighted by Crippen LogP contribution is 2.27. The number of benzene rings is 1. The maximum atomic E-state index is 14.5. The number of amides is 2.